The van der Waals surface area contributed by atoms with Gasteiger partial charge in [-0.1, -0.05) is 57.0 Å². The summed E-state index contributed by atoms with van der Waals surface area (Å²) in [6.07, 6.45) is 2.64. The summed E-state index contributed by atoms with van der Waals surface area (Å²) in [4.78, 5) is 8.63. The molecule has 1 heterocycles. The Bertz CT molecular complexity index is 362. The van der Waals surface area contributed by atoms with Gasteiger partial charge in [-0.3, -0.25) is 4.99 Å². The highest BCUT2D eigenvalue weighted by Crippen LogP contribution is 2.06. The van der Waals surface area contributed by atoms with Crippen LogP contribution in [0.3, 0.4) is 0 Å². The van der Waals surface area contributed by atoms with Crippen LogP contribution in [0.25, 0.3) is 0 Å². The SMILES string of the molecule is CC1=NC(c2ccccc2)=NC1.CCCC. The molecule has 86 valence electrons. The van der Waals surface area contributed by atoms with Gasteiger partial charge in [0.15, 0.2) is 5.84 Å². The molecular formula is C14H20N2. The largest absolute Gasteiger partial charge is 0.260 e. The van der Waals surface area contributed by atoms with E-state index in [1.54, 1.807) is 0 Å². The first-order chi connectivity index (χ1) is 7.77. The first kappa shape index (κ1) is 12.6. The van der Waals surface area contributed by atoms with E-state index in [4.69, 9.17) is 0 Å². The molecule has 16 heavy (non-hydrogen) atoms. The van der Waals surface area contributed by atoms with E-state index in [-0.39, 0.29) is 0 Å². The summed E-state index contributed by atoms with van der Waals surface area (Å²) in [7, 11) is 0. The third-order valence-corrected chi connectivity index (χ3v) is 2.29. The highest BCUT2D eigenvalue weighted by molar-refractivity contribution is 6.10. The Balaban J connectivity index is 0.000000280. The molecule has 2 heteroatoms. The first-order valence-electron chi connectivity index (χ1n) is 5.92. The second-order valence-electron chi connectivity index (χ2n) is 3.85. The minimum atomic E-state index is 0.754. The van der Waals surface area contributed by atoms with Crippen LogP contribution < -0.4 is 0 Å². The number of aliphatic imine (C=N–C) groups is 2. The number of unbranched alkanes of at least 4 members (excludes halogenated alkanes) is 1. The molecule has 1 aromatic carbocycles. The fourth-order valence-corrected chi connectivity index (χ4v) is 1.18. The van der Waals surface area contributed by atoms with Crippen molar-refractivity contribution in [2.45, 2.75) is 33.6 Å². The normalized spacial score (nSPS) is 13.7. The van der Waals surface area contributed by atoms with Crippen molar-refractivity contribution < 1.29 is 0 Å². The molecule has 0 spiro atoms. The number of benzene rings is 1. The first-order valence-corrected chi connectivity index (χ1v) is 5.92. The van der Waals surface area contributed by atoms with E-state index in [0.717, 1.165) is 23.7 Å². The molecule has 1 aliphatic heterocycles. The van der Waals surface area contributed by atoms with Crippen LogP contribution in [-0.4, -0.2) is 18.1 Å². The Morgan fingerprint density at radius 1 is 1.06 bits per heavy atom. The van der Waals surface area contributed by atoms with Crippen molar-refractivity contribution in [2.75, 3.05) is 6.54 Å². The minimum Gasteiger partial charge on any atom is -0.260 e. The molecule has 0 saturated carbocycles. The highest BCUT2D eigenvalue weighted by Gasteiger charge is 2.06. The van der Waals surface area contributed by atoms with Crippen molar-refractivity contribution in [1.82, 2.24) is 0 Å². The zero-order valence-electron chi connectivity index (χ0n) is 10.4. The lowest BCUT2D eigenvalue weighted by atomic mass is 10.2. The molecule has 0 bridgehead atoms. The Morgan fingerprint density at radius 3 is 2.12 bits per heavy atom. The van der Waals surface area contributed by atoms with Crippen molar-refractivity contribution in [3.05, 3.63) is 35.9 Å². The molecule has 2 nitrogen and oxygen atoms in total. The maximum Gasteiger partial charge on any atom is 0.154 e. The van der Waals surface area contributed by atoms with Crippen LogP contribution in [0.15, 0.2) is 40.3 Å². The summed E-state index contributed by atoms with van der Waals surface area (Å²) in [6, 6.07) is 10.1. The molecule has 0 fully saturated rings. The van der Waals surface area contributed by atoms with Crippen LogP contribution in [0.5, 0.6) is 0 Å². The number of rotatable bonds is 2. The second kappa shape index (κ2) is 6.94. The van der Waals surface area contributed by atoms with E-state index >= 15 is 0 Å². The average molecular weight is 216 g/mol. The predicted molar refractivity (Wildman–Crippen MR) is 71.5 cm³/mol. The molecule has 2 rings (SSSR count). The van der Waals surface area contributed by atoms with Crippen LogP contribution in [0.1, 0.15) is 39.2 Å². The zero-order chi connectivity index (χ0) is 11.8. The monoisotopic (exact) mass is 216 g/mol. The summed E-state index contributed by atoms with van der Waals surface area (Å²) in [6.45, 7) is 7.11. The van der Waals surface area contributed by atoms with Crippen LogP contribution >= 0.6 is 0 Å². The van der Waals surface area contributed by atoms with Crippen LogP contribution in [0, 0.1) is 0 Å². The van der Waals surface area contributed by atoms with E-state index < -0.39 is 0 Å². The van der Waals surface area contributed by atoms with E-state index in [0.29, 0.717) is 0 Å². The quantitative estimate of drug-likeness (QED) is 0.720. The lowest BCUT2D eigenvalue weighted by Gasteiger charge is -1.94. The molecule has 0 atom stereocenters. The smallest absolute Gasteiger partial charge is 0.154 e. The molecule has 0 unspecified atom stereocenters. The van der Waals surface area contributed by atoms with E-state index in [1.807, 2.05) is 37.3 Å². The maximum absolute atomic E-state index is 4.33. The van der Waals surface area contributed by atoms with Crippen molar-refractivity contribution in [2.24, 2.45) is 9.98 Å². The van der Waals surface area contributed by atoms with Gasteiger partial charge in [0.1, 0.15) is 0 Å². The molecule has 1 aromatic rings. The van der Waals surface area contributed by atoms with E-state index in [2.05, 4.69) is 23.8 Å². The Kier molecular flexibility index (Phi) is 5.48. The third kappa shape index (κ3) is 3.97. The second-order valence-corrected chi connectivity index (χ2v) is 3.85. The van der Waals surface area contributed by atoms with Gasteiger partial charge in [0.25, 0.3) is 0 Å². The minimum absolute atomic E-state index is 0.754. The molecule has 0 aromatic heterocycles. The number of hydrogen-bond donors (Lipinski definition) is 0. The molecule has 0 saturated heterocycles. The van der Waals surface area contributed by atoms with Crippen molar-refractivity contribution >= 4 is 11.5 Å². The van der Waals surface area contributed by atoms with Gasteiger partial charge in [-0.2, -0.15) is 0 Å². The fraction of sp³-hybridized carbons (Fsp3) is 0.429. The number of hydrogen-bond acceptors (Lipinski definition) is 2. The van der Waals surface area contributed by atoms with E-state index in [1.165, 1.54) is 12.8 Å². The van der Waals surface area contributed by atoms with Gasteiger partial charge in [0, 0.05) is 11.3 Å². The predicted octanol–water partition coefficient (Wildman–Crippen LogP) is 3.71. The van der Waals surface area contributed by atoms with Gasteiger partial charge >= 0.3 is 0 Å². The van der Waals surface area contributed by atoms with Gasteiger partial charge in [-0.15, -0.1) is 0 Å². The maximum atomic E-state index is 4.33. The Morgan fingerprint density at radius 2 is 1.69 bits per heavy atom. The van der Waals surface area contributed by atoms with Gasteiger partial charge in [-0.05, 0) is 6.92 Å². The zero-order valence-corrected chi connectivity index (χ0v) is 10.4. The summed E-state index contributed by atoms with van der Waals surface area (Å²) < 4.78 is 0. The third-order valence-electron chi connectivity index (χ3n) is 2.29. The summed E-state index contributed by atoms with van der Waals surface area (Å²) in [5.41, 5.74) is 2.20. The molecular weight excluding hydrogens is 196 g/mol. The standard InChI is InChI=1S/C10H10N2.C4H10/c1-8-7-11-10(12-8)9-5-3-2-4-6-9;1-3-4-2/h2-6H,7H2,1H3;3-4H2,1-2H3. The van der Waals surface area contributed by atoms with E-state index in [9.17, 15) is 0 Å². The summed E-state index contributed by atoms with van der Waals surface area (Å²) >= 11 is 0. The topological polar surface area (TPSA) is 24.7 Å². The number of nitrogens with zero attached hydrogens (tertiary/aromatic N) is 2. The van der Waals surface area contributed by atoms with Crippen molar-refractivity contribution in [3.63, 3.8) is 0 Å². The highest BCUT2D eigenvalue weighted by atomic mass is 15.0. The molecule has 0 amide bonds. The molecule has 0 aliphatic carbocycles. The van der Waals surface area contributed by atoms with Crippen LogP contribution in [0.4, 0.5) is 0 Å². The van der Waals surface area contributed by atoms with Gasteiger partial charge < -0.3 is 0 Å². The lowest BCUT2D eigenvalue weighted by Crippen LogP contribution is -1.92. The van der Waals surface area contributed by atoms with Gasteiger partial charge in [-0.25, -0.2) is 4.99 Å². The van der Waals surface area contributed by atoms with Gasteiger partial charge in [0.05, 0.1) is 6.54 Å². The Labute approximate surface area is 98.1 Å². The molecule has 1 aliphatic rings. The molecule has 0 radical (unpaired) electrons. The van der Waals surface area contributed by atoms with Gasteiger partial charge in [0.2, 0.25) is 0 Å². The Hall–Kier alpha value is -1.44. The van der Waals surface area contributed by atoms with Crippen molar-refractivity contribution in [3.8, 4) is 0 Å². The lowest BCUT2D eigenvalue weighted by molar-refractivity contribution is 0.886. The summed E-state index contributed by atoms with van der Waals surface area (Å²) in [5, 5.41) is 0. The van der Waals surface area contributed by atoms with Crippen LogP contribution in [0.2, 0.25) is 0 Å². The average Bonchev–Trinajstić information content (AvgIpc) is 2.77. The summed E-state index contributed by atoms with van der Waals surface area (Å²) in [5.74, 6) is 0.869. The molecule has 0 N–H and O–H groups in total. The fourth-order valence-electron chi connectivity index (χ4n) is 1.18. The number of amidine groups is 1. The van der Waals surface area contributed by atoms with Crippen molar-refractivity contribution in [1.29, 1.82) is 0 Å². The van der Waals surface area contributed by atoms with Crippen LogP contribution in [-0.2, 0) is 0 Å².